The minimum absolute atomic E-state index is 0.113. The summed E-state index contributed by atoms with van der Waals surface area (Å²) in [6.07, 6.45) is 3.49. The van der Waals surface area contributed by atoms with Crippen molar-refractivity contribution < 1.29 is 4.39 Å². The summed E-state index contributed by atoms with van der Waals surface area (Å²) in [6, 6.07) is 5.66. The van der Waals surface area contributed by atoms with Gasteiger partial charge in [-0.25, -0.2) is 4.39 Å². The van der Waals surface area contributed by atoms with Gasteiger partial charge in [0.1, 0.15) is 5.82 Å². The van der Waals surface area contributed by atoms with E-state index in [-0.39, 0.29) is 5.82 Å². The highest BCUT2D eigenvalue weighted by Crippen LogP contribution is 2.27. The second kappa shape index (κ2) is 8.16. The van der Waals surface area contributed by atoms with Gasteiger partial charge in [-0.3, -0.25) is 0 Å². The molecule has 0 aliphatic rings. The Hall–Kier alpha value is -1.09. The number of nitrogens with zero attached hydrogens (tertiary/aromatic N) is 1. The number of hydrogen-bond donors (Lipinski definition) is 1. The number of hydrogen-bond acceptors (Lipinski definition) is 2. The van der Waals surface area contributed by atoms with Crippen LogP contribution in [-0.4, -0.2) is 19.6 Å². The SMILES string of the molecule is CCCCCN(c1c(F)cccc1CNC)C(C)C. The molecule has 0 aromatic heterocycles. The third-order valence-electron chi connectivity index (χ3n) is 3.35. The number of benzene rings is 1. The Morgan fingerprint density at radius 2 is 2.00 bits per heavy atom. The molecule has 0 aliphatic heterocycles. The van der Waals surface area contributed by atoms with Crippen LogP contribution in [0, 0.1) is 5.82 Å². The normalized spacial score (nSPS) is 11.1. The van der Waals surface area contributed by atoms with Crippen LogP contribution in [0.2, 0.25) is 0 Å². The Labute approximate surface area is 117 Å². The van der Waals surface area contributed by atoms with Crippen LogP contribution in [0.4, 0.5) is 10.1 Å². The van der Waals surface area contributed by atoms with Gasteiger partial charge in [-0.15, -0.1) is 0 Å². The maximum Gasteiger partial charge on any atom is 0.146 e. The molecule has 0 heterocycles. The van der Waals surface area contributed by atoms with Crippen molar-refractivity contribution in [3.8, 4) is 0 Å². The standard InChI is InChI=1S/C16H27FN2/c1-5-6-7-11-19(13(2)3)16-14(12-18-4)9-8-10-15(16)17/h8-10,13,18H,5-7,11-12H2,1-4H3. The molecule has 0 saturated heterocycles. The molecular formula is C16H27FN2. The first-order chi connectivity index (χ1) is 9.11. The van der Waals surface area contributed by atoms with Gasteiger partial charge in [0.05, 0.1) is 5.69 Å². The Balaban J connectivity index is 2.99. The van der Waals surface area contributed by atoms with Crippen molar-refractivity contribution in [2.45, 2.75) is 52.6 Å². The lowest BCUT2D eigenvalue weighted by molar-refractivity contribution is 0.578. The molecule has 0 atom stereocenters. The molecule has 0 radical (unpaired) electrons. The zero-order chi connectivity index (χ0) is 14.3. The van der Waals surface area contributed by atoms with Gasteiger partial charge in [-0.05, 0) is 38.9 Å². The van der Waals surface area contributed by atoms with Gasteiger partial charge in [0.2, 0.25) is 0 Å². The lowest BCUT2D eigenvalue weighted by Crippen LogP contribution is -2.33. The molecule has 1 aromatic rings. The molecule has 0 spiro atoms. The summed E-state index contributed by atoms with van der Waals surface area (Å²) in [5.74, 6) is -0.113. The molecule has 0 amide bonds. The first-order valence-corrected chi connectivity index (χ1v) is 7.30. The molecule has 2 nitrogen and oxygen atoms in total. The first kappa shape index (κ1) is 16.0. The Kier molecular flexibility index (Phi) is 6.85. The molecule has 1 N–H and O–H groups in total. The monoisotopic (exact) mass is 266 g/mol. The third-order valence-corrected chi connectivity index (χ3v) is 3.35. The largest absolute Gasteiger partial charge is 0.366 e. The number of anilines is 1. The maximum atomic E-state index is 14.2. The van der Waals surface area contributed by atoms with Crippen LogP contribution in [0.3, 0.4) is 0 Å². The van der Waals surface area contributed by atoms with Crippen molar-refractivity contribution >= 4 is 5.69 Å². The lowest BCUT2D eigenvalue weighted by atomic mass is 10.1. The van der Waals surface area contributed by atoms with Crippen molar-refractivity contribution in [3.05, 3.63) is 29.6 Å². The molecule has 0 unspecified atom stereocenters. The molecule has 0 aliphatic carbocycles. The zero-order valence-electron chi connectivity index (χ0n) is 12.7. The third kappa shape index (κ3) is 4.50. The Morgan fingerprint density at radius 3 is 2.58 bits per heavy atom. The highest BCUT2D eigenvalue weighted by Gasteiger charge is 2.17. The van der Waals surface area contributed by atoms with Crippen LogP contribution in [0.1, 0.15) is 45.6 Å². The molecule has 3 heteroatoms. The number of rotatable bonds is 8. The smallest absolute Gasteiger partial charge is 0.146 e. The van der Waals surface area contributed by atoms with Crippen LogP contribution in [0.25, 0.3) is 0 Å². The first-order valence-electron chi connectivity index (χ1n) is 7.30. The summed E-state index contributed by atoms with van der Waals surface area (Å²) in [4.78, 5) is 2.19. The highest BCUT2D eigenvalue weighted by atomic mass is 19.1. The van der Waals surface area contributed by atoms with Crippen molar-refractivity contribution in [2.75, 3.05) is 18.5 Å². The van der Waals surface area contributed by atoms with E-state index in [1.807, 2.05) is 13.1 Å². The molecule has 19 heavy (non-hydrogen) atoms. The highest BCUT2D eigenvalue weighted by molar-refractivity contribution is 5.55. The maximum absolute atomic E-state index is 14.2. The molecule has 1 aromatic carbocycles. The average molecular weight is 266 g/mol. The Morgan fingerprint density at radius 1 is 1.26 bits per heavy atom. The van der Waals surface area contributed by atoms with E-state index < -0.39 is 0 Å². The fraction of sp³-hybridized carbons (Fsp3) is 0.625. The predicted octanol–water partition coefficient (Wildman–Crippen LogP) is 3.95. The van der Waals surface area contributed by atoms with Crippen LogP contribution in [0.15, 0.2) is 18.2 Å². The van der Waals surface area contributed by atoms with E-state index in [0.29, 0.717) is 12.6 Å². The molecule has 108 valence electrons. The second-order valence-electron chi connectivity index (χ2n) is 5.27. The quantitative estimate of drug-likeness (QED) is 0.717. The van der Waals surface area contributed by atoms with Gasteiger partial charge in [0, 0.05) is 19.1 Å². The van der Waals surface area contributed by atoms with Gasteiger partial charge < -0.3 is 10.2 Å². The van der Waals surface area contributed by atoms with Crippen molar-refractivity contribution in [3.63, 3.8) is 0 Å². The van der Waals surface area contributed by atoms with E-state index >= 15 is 0 Å². The van der Waals surface area contributed by atoms with E-state index in [1.54, 1.807) is 12.1 Å². The van der Waals surface area contributed by atoms with Crippen LogP contribution >= 0.6 is 0 Å². The van der Waals surface area contributed by atoms with Crippen molar-refractivity contribution in [1.82, 2.24) is 5.32 Å². The van der Waals surface area contributed by atoms with E-state index in [2.05, 4.69) is 31.0 Å². The van der Waals surface area contributed by atoms with Crippen molar-refractivity contribution in [2.24, 2.45) is 0 Å². The minimum atomic E-state index is -0.113. The van der Waals surface area contributed by atoms with Gasteiger partial charge in [-0.1, -0.05) is 31.9 Å². The summed E-state index contributed by atoms with van der Waals surface area (Å²) < 4.78 is 14.2. The molecule has 0 bridgehead atoms. The van der Waals surface area contributed by atoms with E-state index in [4.69, 9.17) is 0 Å². The second-order valence-corrected chi connectivity index (χ2v) is 5.27. The van der Waals surface area contributed by atoms with E-state index in [9.17, 15) is 4.39 Å². The average Bonchev–Trinajstić information content (AvgIpc) is 2.36. The molecular weight excluding hydrogens is 239 g/mol. The minimum Gasteiger partial charge on any atom is -0.366 e. The molecule has 0 saturated carbocycles. The molecule has 1 rings (SSSR count). The van der Waals surface area contributed by atoms with Crippen LogP contribution in [-0.2, 0) is 6.54 Å². The lowest BCUT2D eigenvalue weighted by Gasteiger charge is -2.31. The number of nitrogens with one attached hydrogen (secondary N) is 1. The number of unbranched alkanes of at least 4 members (excludes halogenated alkanes) is 2. The topological polar surface area (TPSA) is 15.3 Å². The number of halogens is 1. The van der Waals surface area contributed by atoms with Crippen LogP contribution in [0.5, 0.6) is 0 Å². The summed E-state index contributed by atoms with van der Waals surface area (Å²) >= 11 is 0. The predicted molar refractivity (Wildman–Crippen MR) is 81.2 cm³/mol. The van der Waals surface area contributed by atoms with Gasteiger partial charge >= 0.3 is 0 Å². The van der Waals surface area contributed by atoms with Crippen LogP contribution < -0.4 is 10.2 Å². The fourth-order valence-electron chi connectivity index (χ4n) is 2.38. The van der Waals surface area contributed by atoms with E-state index in [0.717, 1.165) is 24.2 Å². The van der Waals surface area contributed by atoms with Gasteiger partial charge in [-0.2, -0.15) is 0 Å². The summed E-state index contributed by atoms with van der Waals surface area (Å²) in [7, 11) is 1.89. The van der Waals surface area contributed by atoms with Crippen molar-refractivity contribution in [1.29, 1.82) is 0 Å². The summed E-state index contributed by atoms with van der Waals surface area (Å²) in [6.45, 7) is 8.06. The van der Waals surface area contributed by atoms with E-state index in [1.165, 1.54) is 12.8 Å². The fourth-order valence-corrected chi connectivity index (χ4v) is 2.38. The van der Waals surface area contributed by atoms with Gasteiger partial charge in [0.25, 0.3) is 0 Å². The van der Waals surface area contributed by atoms with Gasteiger partial charge in [0.15, 0.2) is 0 Å². The number of para-hydroxylation sites is 1. The summed E-state index contributed by atoms with van der Waals surface area (Å²) in [5, 5.41) is 3.12. The zero-order valence-corrected chi connectivity index (χ0v) is 12.7. The Bertz CT molecular complexity index is 377. The summed E-state index contributed by atoms with van der Waals surface area (Å²) in [5.41, 5.74) is 1.80. The molecule has 0 fully saturated rings.